The molecule has 1 aliphatic heterocycles. The topological polar surface area (TPSA) is 52.9 Å². The molecule has 108 valence electrons. The van der Waals surface area contributed by atoms with E-state index in [9.17, 15) is 10.0 Å². The zero-order chi connectivity index (χ0) is 14.7. The van der Waals surface area contributed by atoms with Gasteiger partial charge in [0.25, 0.3) is 0 Å². The van der Waals surface area contributed by atoms with Crippen molar-refractivity contribution >= 4 is 0 Å². The summed E-state index contributed by atoms with van der Waals surface area (Å²) in [5, 5.41) is 16.1. The van der Waals surface area contributed by atoms with Crippen molar-refractivity contribution in [3.05, 3.63) is 76.7 Å². The van der Waals surface area contributed by atoms with Crippen molar-refractivity contribution in [1.29, 1.82) is 0 Å². The monoisotopic (exact) mass is 282 g/mol. The van der Waals surface area contributed by atoms with Gasteiger partial charge in [0.1, 0.15) is 5.60 Å². The van der Waals surface area contributed by atoms with Gasteiger partial charge in [-0.05, 0) is 24.0 Å². The van der Waals surface area contributed by atoms with E-state index in [2.05, 4.69) is 5.29 Å². The Labute approximate surface area is 124 Å². The lowest BCUT2D eigenvalue weighted by Gasteiger charge is -2.37. The predicted molar refractivity (Wildman–Crippen MR) is 81.4 cm³/mol. The van der Waals surface area contributed by atoms with E-state index in [1.54, 1.807) is 0 Å². The Morgan fingerprint density at radius 1 is 1.00 bits per heavy atom. The van der Waals surface area contributed by atoms with Crippen LogP contribution < -0.4 is 0 Å². The summed E-state index contributed by atoms with van der Waals surface area (Å²) in [6.07, 6.45) is 1.60. The summed E-state index contributed by atoms with van der Waals surface area (Å²) < 4.78 is 0. The highest BCUT2D eigenvalue weighted by molar-refractivity contribution is 5.38. The quantitative estimate of drug-likeness (QED) is 0.877. The van der Waals surface area contributed by atoms with Crippen molar-refractivity contribution in [1.82, 2.24) is 5.01 Å². The van der Waals surface area contributed by atoms with Crippen molar-refractivity contribution in [3.8, 4) is 0 Å². The van der Waals surface area contributed by atoms with Gasteiger partial charge in [0.15, 0.2) is 0 Å². The molecule has 2 aromatic carbocycles. The average Bonchev–Trinajstić information content (AvgIpc) is 3.05. The molecule has 0 radical (unpaired) electrons. The third kappa shape index (κ3) is 2.32. The third-order valence-electron chi connectivity index (χ3n) is 4.24. The van der Waals surface area contributed by atoms with Gasteiger partial charge in [-0.15, -0.1) is 4.91 Å². The highest BCUT2D eigenvalue weighted by atomic mass is 16.3. The largest absolute Gasteiger partial charge is 0.378 e. The molecule has 2 aromatic rings. The standard InChI is InChI=1S/C17H18N2O2/c20-17(14-8-3-1-4-9-14,15-10-5-2-6-11-15)16-12-7-13-19(16)18-21/h1-6,8-11,16,20H,7,12-13H2. The second kappa shape index (κ2) is 5.66. The van der Waals surface area contributed by atoms with Gasteiger partial charge in [0, 0.05) is 6.54 Å². The van der Waals surface area contributed by atoms with Crippen LogP contribution in [0.4, 0.5) is 0 Å². The second-order valence-electron chi connectivity index (χ2n) is 5.40. The van der Waals surface area contributed by atoms with E-state index in [1.165, 1.54) is 5.01 Å². The number of nitrogens with zero attached hydrogens (tertiary/aromatic N) is 2. The van der Waals surface area contributed by atoms with Gasteiger partial charge in [0.05, 0.1) is 11.3 Å². The highest BCUT2D eigenvalue weighted by Crippen LogP contribution is 2.40. The van der Waals surface area contributed by atoms with Crippen molar-refractivity contribution in [2.45, 2.75) is 24.5 Å². The first-order valence-corrected chi connectivity index (χ1v) is 7.20. The first-order valence-electron chi connectivity index (χ1n) is 7.20. The minimum atomic E-state index is -1.23. The van der Waals surface area contributed by atoms with Gasteiger partial charge >= 0.3 is 0 Å². The predicted octanol–water partition coefficient (Wildman–Crippen LogP) is 3.07. The summed E-state index contributed by atoms with van der Waals surface area (Å²) in [7, 11) is 0. The zero-order valence-electron chi connectivity index (χ0n) is 11.7. The fraction of sp³-hybridized carbons (Fsp3) is 0.294. The molecule has 0 aromatic heterocycles. The van der Waals surface area contributed by atoms with Crippen LogP contribution in [0.5, 0.6) is 0 Å². The molecule has 1 unspecified atom stereocenters. The second-order valence-corrected chi connectivity index (χ2v) is 5.40. The van der Waals surface area contributed by atoms with Crippen LogP contribution in [-0.4, -0.2) is 22.7 Å². The van der Waals surface area contributed by atoms with Crippen molar-refractivity contribution in [2.75, 3.05) is 6.54 Å². The number of nitroso groups, excluding NO2 is 1. The Bertz CT molecular complexity index is 561. The summed E-state index contributed by atoms with van der Waals surface area (Å²) in [6, 6.07) is 18.7. The van der Waals surface area contributed by atoms with Gasteiger partial charge in [-0.1, -0.05) is 60.7 Å². The van der Waals surface area contributed by atoms with Crippen LogP contribution >= 0.6 is 0 Å². The van der Waals surface area contributed by atoms with E-state index in [-0.39, 0.29) is 6.04 Å². The van der Waals surface area contributed by atoms with Crippen LogP contribution in [0.2, 0.25) is 0 Å². The fourth-order valence-corrected chi connectivity index (χ4v) is 3.21. The summed E-state index contributed by atoms with van der Waals surface area (Å²) in [4.78, 5) is 11.1. The molecule has 21 heavy (non-hydrogen) atoms. The first kappa shape index (κ1) is 13.8. The average molecular weight is 282 g/mol. The van der Waals surface area contributed by atoms with Crippen LogP contribution in [0.3, 0.4) is 0 Å². The molecule has 0 bridgehead atoms. The molecule has 1 aliphatic rings. The van der Waals surface area contributed by atoms with Crippen LogP contribution in [0.15, 0.2) is 65.9 Å². The minimum Gasteiger partial charge on any atom is -0.378 e. The van der Waals surface area contributed by atoms with Crippen LogP contribution in [-0.2, 0) is 5.60 Å². The minimum absolute atomic E-state index is 0.334. The Kier molecular flexibility index (Phi) is 3.71. The van der Waals surface area contributed by atoms with E-state index in [0.717, 1.165) is 24.0 Å². The molecule has 1 fully saturated rings. The number of hydrogen-bond acceptors (Lipinski definition) is 3. The lowest BCUT2D eigenvalue weighted by molar-refractivity contribution is -0.00368. The molecule has 1 heterocycles. The van der Waals surface area contributed by atoms with Gasteiger partial charge in [-0.2, -0.15) is 0 Å². The summed E-state index contributed by atoms with van der Waals surface area (Å²) in [5.74, 6) is 0. The fourth-order valence-electron chi connectivity index (χ4n) is 3.21. The molecule has 1 saturated heterocycles. The van der Waals surface area contributed by atoms with Gasteiger partial charge < -0.3 is 5.11 Å². The smallest absolute Gasteiger partial charge is 0.137 e. The molecule has 0 amide bonds. The normalized spacial score (nSPS) is 18.7. The van der Waals surface area contributed by atoms with Crippen LogP contribution in [0.25, 0.3) is 0 Å². The van der Waals surface area contributed by atoms with Gasteiger partial charge in [0.2, 0.25) is 0 Å². The summed E-state index contributed by atoms with van der Waals surface area (Å²) in [5.41, 5.74) is 0.348. The Morgan fingerprint density at radius 3 is 2.00 bits per heavy atom. The van der Waals surface area contributed by atoms with E-state index < -0.39 is 5.60 Å². The lowest BCUT2D eigenvalue weighted by atomic mass is 9.79. The van der Waals surface area contributed by atoms with E-state index in [0.29, 0.717) is 6.54 Å². The van der Waals surface area contributed by atoms with Crippen LogP contribution in [0, 0.1) is 4.91 Å². The number of aliphatic hydroxyl groups is 1. The maximum atomic E-state index is 11.5. The Balaban J connectivity index is 2.13. The van der Waals surface area contributed by atoms with E-state index in [4.69, 9.17) is 0 Å². The summed E-state index contributed by atoms with van der Waals surface area (Å²) >= 11 is 0. The SMILES string of the molecule is O=NN1CCCC1C(O)(c1ccccc1)c1ccccc1. The highest BCUT2D eigenvalue weighted by Gasteiger charge is 2.46. The molecule has 0 saturated carbocycles. The first-order chi connectivity index (χ1) is 10.3. The van der Waals surface area contributed by atoms with Crippen molar-refractivity contribution in [3.63, 3.8) is 0 Å². The van der Waals surface area contributed by atoms with E-state index in [1.807, 2.05) is 60.7 Å². The molecule has 0 aliphatic carbocycles. The number of benzene rings is 2. The van der Waals surface area contributed by atoms with E-state index >= 15 is 0 Å². The molecule has 3 rings (SSSR count). The summed E-state index contributed by atoms with van der Waals surface area (Å²) in [6.45, 7) is 0.593. The third-order valence-corrected chi connectivity index (χ3v) is 4.24. The molecular formula is C17H18N2O2. The zero-order valence-corrected chi connectivity index (χ0v) is 11.7. The van der Waals surface area contributed by atoms with Crippen molar-refractivity contribution < 1.29 is 5.11 Å². The molecule has 1 N–H and O–H groups in total. The van der Waals surface area contributed by atoms with Crippen LogP contribution in [0.1, 0.15) is 24.0 Å². The molecule has 4 heteroatoms. The van der Waals surface area contributed by atoms with Gasteiger partial charge in [-0.3, -0.25) is 5.01 Å². The molecule has 1 atom stereocenters. The van der Waals surface area contributed by atoms with Crippen molar-refractivity contribution in [2.24, 2.45) is 5.29 Å². The molecule has 4 nitrogen and oxygen atoms in total. The number of rotatable bonds is 4. The lowest BCUT2D eigenvalue weighted by Crippen LogP contribution is -2.46. The Morgan fingerprint density at radius 2 is 1.52 bits per heavy atom. The maximum Gasteiger partial charge on any atom is 0.137 e. The Hall–Kier alpha value is -2.20. The van der Waals surface area contributed by atoms with Gasteiger partial charge in [-0.25, -0.2) is 0 Å². The molecular weight excluding hydrogens is 264 g/mol. The number of hydrogen-bond donors (Lipinski definition) is 1. The maximum absolute atomic E-state index is 11.5. The molecule has 0 spiro atoms.